The van der Waals surface area contributed by atoms with Crippen LogP contribution < -0.4 is 9.47 Å². The van der Waals surface area contributed by atoms with Crippen LogP contribution in [0, 0.1) is 0 Å². The molecule has 1 N–H and O–H groups in total. The molecule has 28 heavy (non-hydrogen) atoms. The molecule has 3 fully saturated rings. The fourth-order valence-electron chi connectivity index (χ4n) is 4.64. The summed E-state index contributed by atoms with van der Waals surface area (Å²) in [6.45, 7) is 6.16. The van der Waals surface area contributed by atoms with Crippen molar-refractivity contribution >= 4 is 0 Å². The molecule has 2 aliphatic heterocycles. The summed E-state index contributed by atoms with van der Waals surface area (Å²) in [7, 11) is 1.68. The van der Waals surface area contributed by atoms with E-state index in [-0.39, 0.29) is 6.61 Å². The maximum absolute atomic E-state index is 10.5. The quantitative estimate of drug-likeness (QED) is 0.735. The van der Waals surface area contributed by atoms with Crippen molar-refractivity contribution in [1.82, 2.24) is 9.80 Å². The van der Waals surface area contributed by atoms with Gasteiger partial charge in [-0.1, -0.05) is 18.6 Å². The Bertz CT molecular complexity index is 643. The topological polar surface area (TPSA) is 54.4 Å². The van der Waals surface area contributed by atoms with Gasteiger partial charge in [0.1, 0.15) is 12.7 Å². The lowest BCUT2D eigenvalue weighted by atomic mass is 9.99. The van der Waals surface area contributed by atoms with E-state index in [0.717, 1.165) is 56.5 Å². The van der Waals surface area contributed by atoms with Crippen LogP contribution in [0.15, 0.2) is 18.2 Å². The van der Waals surface area contributed by atoms with Crippen LogP contribution in [-0.4, -0.2) is 79.7 Å². The van der Waals surface area contributed by atoms with Gasteiger partial charge in [-0.25, -0.2) is 0 Å². The zero-order valence-corrected chi connectivity index (χ0v) is 17.1. The van der Waals surface area contributed by atoms with E-state index in [9.17, 15) is 5.11 Å². The van der Waals surface area contributed by atoms with E-state index >= 15 is 0 Å². The molecule has 156 valence electrons. The summed E-state index contributed by atoms with van der Waals surface area (Å²) >= 11 is 0. The molecule has 1 aliphatic carbocycles. The summed E-state index contributed by atoms with van der Waals surface area (Å²) in [4.78, 5) is 4.87. The van der Waals surface area contributed by atoms with Crippen LogP contribution in [0.1, 0.15) is 37.7 Å². The third-order valence-electron chi connectivity index (χ3n) is 6.45. The number of aliphatic hydroxyl groups is 1. The Kier molecular flexibility index (Phi) is 6.41. The fraction of sp³-hybridized carbons (Fsp3) is 0.727. The number of para-hydroxylation sites is 1. The van der Waals surface area contributed by atoms with Crippen LogP contribution in [0.2, 0.25) is 0 Å². The summed E-state index contributed by atoms with van der Waals surface area (Å²) in [5.74, 6) is 1.53. The number of β-amino-alcohol motifs (C(OH)–C–C–N with tert-alkyl or cyclic N) is 1. The minimum Gasteiger partial charge on any atom is -0.493 e. The van der Waals surface area contributed by atoms with Crippen molar-refractivity contribution in [2.24, 2.45) is 0 Å². The zero-order valence-electron chi connectivity index (χ0n) is 17.1. The lowest BCUT2D eigenvalue weighted by Gasteiger charge is -2.36. The molecule has 1 atom stereocenters. The molecule has 4 rings (SSSR count). The van der Waals surface area contributed by atoms with Crippen LogP contribution in [0.4, 0.5) is 0 Å². The lowest BCUT2D eigenvalue weighted by Crippen LogP contribution is -2.42. The molecule has 3 aliphatic rings. The van der Waals surface area contributed by atoms with Crippen LogP contribution in [0.3, 0.4) is 0 Å². The predicted octanol–water partition coefficient (Wildman–Crippen LogP) is 2.29. The third-order valence-corrected chi connectivity index (χ3v) is 6.45. The van der Waals surface area contributed by atoms with Gasteiger partial charge in [0.2, 0.25) is 0 Å². The molecule has 2 saturated heterocycles. The molecule has 2 heterocycles. The summed E-state index contributed by atoms with van der Waals surface area (Å²) in [6.07, 6.45) is 6.08. The maximum atomic E-state index is 10.5. The van der Waals surface area contributed by atoms with Crippen molar-refractivity contribution in [3.63, 3.8) is 0 Å². The van der Waals surface area contributed by atoms with Crippen molar-refractivity contribution in [2.75, 3.05) is 53.1 Å². The molecule has 1 saturated carbocycles. The van der Waals surface area contributed by atoms with Crippen molar-refractivity contribution in [2.45, 2.75) is 50.3 Å². The molecule has 0 aromatic heterocycles. The number of benzene rings is 1. The summed E-state index contributed by atoms with van der Waals surface area (Å²) in [5.41, 5.74) is 1.60. The molecule has 0 radical (unpaired) electrons. The van der Waals surface area contributed by atoms with E-state index < -0.39 is 6.10 Å². The Morgan fingerprint density at radius 2 is 1.96 bits per heavy atom. The van der Waals surface area contributed by atoms with Gasteiger partial charge in [-0.15, -0.1) is 0 Å². The van der Waals surface area contributed by atoms with Gasteiger partial charge in [-0.2, -0.15) is 0 Å². The number of ether oxygens (including phenoxy) is 3. The second-order valence-corrected chi connectivity index (χ2v) is 8.43. The smallest absolute Gasteiger partial charge is 0.165 e. The summed E-state index contributed by atoms with van der Waals surface area (Å²) in [6, 6.07) is 6.11. The summed E-state index contributed by atoms with van der Waals surface area (Å²) < 4.78 is 17.1. The van der Waals surface area contributed by atoms with E-state index in [1.54, 1.807) is 7.11 Å². The average Bonchev–Trinajstić information content (AvgIpc) is 3.49. The normalized spacial score (nSPS) is 23.5. The first kappa shape index (κ1) is 20.0. The van der Waals surface area contributed by atoms with Gasteiger partial charge in [0.25, 0.3) is 0 Å². The molecule has 6 nitrogen and oxygen atoms in total. The third kappa shape index (κ3) is 4.62. The number of aliphatic hydroxyl groups excluding tert-OH is 1. The van der Waals surface area contributed by atoms with Crippen LogP contribution in [0.25, 0.3) is 0 Å². The average molecular weight is 391 g/mol. The van der Waals surface area contributed by atoms with Gasteiger partial charge < -0.3 is 19.3 Å². The predicted molar refractivity (Wildman–Crippen MR) is 108 cm³/mol. The van der Waals surface area contributed by atoms with E-state index in [1.807, 2.05) is 12.1 Å². The largest absolute Gasteiger partial charge is 0.493 e. The Morgan fingerprint density at radius 3 is 2.71 bits per heavy atom. The molecular formula is C22H34N2O4. The fourth-order valence-corrected chi connectivity index (χ4v) is 4.64. The van der Waals surface area contributed by atoms with Crippen molar-refractivity contribution in [3.05, 3.63) is 23.8 Å². The minimum atomic E-state index is -0.527. The minimum absolute atomic E-state index is 0.274. The molecule has 1 aromatic rings. The highest BCUT2D eigenvalue weighted by atomic mass is 16.5. The van der Waals surface area contributed by atoms with Gasteiger partial charge in [0.15, 0.2) is 11.5 Å². The standard InChI is InChI=1S/C22H34N2O4/c1-26-20-6-4-5-18(15-24-10-3-2-7-22(24)8-9-22)21(20)28-17-19(25)16-23-11-13-27-14-12-23/h4-6,19,25H,2-3,7-17H2,1H3. The van der Waals surface area contributed by atoms with Gasteiger partial charge in [0.05, 0.1) is 20.3 Å². The van der Waals surface area contributed by atoms with E-state index in [4.69, 9.17) is 14.2 Å². The lowest BCUT2D eigenvalue weighted by molar-refractivity contribution is 0.00423. The number of hydrogen-bond acceptors (Lipinski definition) is 6. The number of morpholine rings is 1. The van der Waals surface area contributed by atoms with Gasteiger partial charge in [-0.3, -0.25) is 9.80 Å². The highest BCUT2D eigenvalue weighted by Gasteiger charge is 2.48. The first-order valence-electron chi connectivity index (χ1n) is 10.7. The molecule has 1 spiro atoms. The Balaban J connectivity index is 1.40. The van der Waals surface area contributed by atoms with Crippen molar-refractivity contribution in [1.29, 1.82) is 0 Å². The van der Waals surface area contributed by atoms with E-state index in [1.165, 1.54) is 32.1 Å². The van der Waals surface area contributed by atoms with Crippen LogP contribution in [-0.2, 0) is 11.3 Å². The number of hydrogen-bond donors (Lipinski definition) is 1. The Labute approximate surface area is 168 Å². The first-order valence-corrected chi connectivity index (χ1v) is 10.7. The second kappa shape index (κ2) is 8.99. The number of rotatable bonds is 8. The van der Waals surface area contributed by atoms with Crippen molar-refractivity contribution < 1.29 is 19.3 Å². The highest BCUT2D eigenvalue weighted by molar-refractivity contribution is 5.46. The molecule has 1 aromatic carbocycles. The molecule has 6 heteroatoms. The second-order valence-electron chi connectivity index (χ2n) is 8.43. The van der Waals surface area contributed by atoms with Gasteiger partial charge in [-0.05, 0) is 38.3 Å². The van der Waals surface area contributed by atoms with Gasteiger partial charge in [0, 0.05) is 37.3 Å². The SMILES string of the molecule is COc1cccc(CN2CCCCC23CC3)c1OCC(O)CN1CCOCC1. The number of methoxy groups -OCH3 is 1. The maximum Gasteiger partial charge on any atom is 0.165 e. The zero-order chi connectivity index (χ0) is 19.4. The van der Waals surface area contributed by atoms with E-state index in [0.29, 0.717) is 12.1 Å². The Hall–Kier alpha value is -1.34. The molecular weight excluding hydrogens is 356 g/mol. The first-order chi connectivity index (χ1) is 13.7. The number of piperidine rings is 1. The molecule has 0 bridgehead atoms. The van der Waals surface area contributed by atoms with Crippen LogP contribution >= 0.6 is 0 Å². The van der Waals surface area contributed by atoms with E-state index in [2.05, 4.69) is 15.9 Å². The summed E-state index contributed by atoms with van der Waals surface area (Å²) in [5, 5.41) is 10.5. The Morgan fingerprint density at radius 1 is 1.14 bits per heavy atom. The molecule has 0 amide bonds. The highest BCUT2D eigenvalue weighted by Crippen LogP contribution is 2.49. The van der Waals surface area contributed by atoms with Crippen LogP contribution in [0.5, 0.6) is 11.5 Å². The van der Waals surface area contributed by atoms with Crippen molar-refractivity contribution in [3.8, 4) is 11.5 Å². The van der Waals surface area contributed by atoms with Gasteiger partial charge >= 0.3 is 0 Å². The molecule has 1 unspecified atom stereocenters. The number of nitrogens with zero attached hydrogens (tertiary/aromatic N) is 2. The monoisotopic (exact) mass is 390 g/mol. The number of likely N-dealkylation sites (tertiary alicyclic amines) is 1.